The monoisotopic (exact) mass is 1160 g/mol. The molecule has 0 saturated carbocycles. The van der Waals surface area contributed by atoms with Crippen molar-refractivity contribution in [2.45, 2.75) is 55.8 Å². The topological polar surface area (TPSA) is 17.8 Å². The fraction of sp³-hybridized carbons (Fsp3) is 0.122. The number of rotatable bonds is 8. The predicted molar refractivity (Wildman–Crippen MR) is 312 cm³/mol. The Hall–Kier alpha value is -8.20. The van der Waals surface area contributed by atoms with Gasteiger partial charge in [0.25, 0.3) is 0 Å². The molecule has 0 aliphatic heterocycles. The van der Waals surface area contributed by atoms with Crippen LogP contribution in [0.2, 0.25) is 0 Å². The van der Waals surface area contributed by atoms with Crippen molar-refractivity contribution in [2.24, 2.45) is 0 Å². The van der Waals surface area contributed by atoms with E-state index in [0.29, 0.717) is 0 Å². The minimum absolute atomic E-state index is 0. The Morgan fingerprint density at radius 1 is 0.403 bits per heavy atom. The van der Waals surface area contributed by atoms with Gasteiger partial charge in [0.2, 0.25) is 0 Å². The normalized spacial score (nSPS) is 14.5. The summed E-state index contributed by atoms with van der Waals surface area (Å²) in [6, 6.07) is 91.0. The molecule has 3 heteroatoms. The number of aromatic nitrogens is 2. The van der Waals surface area contributed by atoms with Crippen molar-refractivity contribution in [1.29, 1.82) is 0 Å². The maximum atomic E-state index is 4.56. The fourth-order valence-corrected chi connectivity index (χ4v) is 14.6. The minimum atomic E-state index is -0.0617. The molecule has 0 unspecified atom stereocenters. The summed E-state index contributed by atoms with van der Waals surface area (Å²) >= 11 is 0. The van der Waals surface area contributed by atoms with Gasteiger partial charge < -0.3 is 9.55 Å². The van der Waals surface area contributed by atoms with Crippen LogP contribution in [0.3, 0.4) is 0 Å². The Labute approximate surface area is 464 Å². The first-order valence-electron chi connectivity index (χ1n) is 27.3. The average molecular weight is 1160 g/mol. The second kappa shape index (κ2) is 18.0. The molecule has 10 aromatic carbocycles. The van der Waals surface area contributed by atoms with Crippen LogP contribution in [-0.4, -0.2) is 9.55 Å². The van der Waals surface area contributed by atoms with Crippen molar-refractivity contribution < 1.29 is 20.1 Å². The van der Waals surface area contributed by atoms with Crippen LogP contribution in [0.4, 0.5) is 0 Å². The molecule has 4 aliphatic carbocycles. The number of pyridine rings is 1. The Morgan fingerprint density at radius 2 is 0.870 bits per heavy atom. The molecule has 0 bridgehead atoms. The van der Waals surface area contributed by atoms with Crippen LogP contribution in [0.15, 0.2) is 237 Å². The van der Waals surface area contributed by atoms with Crippen LogP contribution in [-0.2, 0) is 69.5 Å². The molecule has 16 rings (SSSR count). The Kier molecular flexibility index (Phi) is 10.8. The molecule has 2 spiro atoms. The van der Waals surface area contributed by atoms with Gasteiger partial charge in [-0.15, -0.1) is 35.4 Å². The molecular formula is C74H53IrN2-. The summed E-state index contributed by atoms with van der Waals surface area (Å²) in [5, 5.41) is 2.54. The second-order valence-corrected chi connectivity index (χ2v) is 22.2. The van der Waals surface area contributed by atoms with Crippen molar-refractivity contribution in [3.63, 3.8) is 0 Å². The zero-order valence-corrected chi connectivity index (χ0v) is 45.1. The molecule has 0 N–H and O–H groups in total. The van der Waals surface area contributed by atoms with E-state index in [2.05, 4.69) is 228 Å². The molecule has 77 heavy (non-hydrogen) atoms. The van der Waals surface area contributed by atoms with Crippen LogP contribution in [0.25, 0.3) is 83.3 Å². The van der Waals surface area contributed by atoms with Crippen LogP contribution in [0.5, 0.6) is 0 Å². The maximum absolute atomic E-state index is 4.56. The van der Waals surface area contributed by atoms with Gasteiger partial charge in [-0.2, -0.15) is 0 Å². The standard InChI is InChI=1S/C74H53N2.Ir/c1-2-17-56-45-73(44-55(56)16-1)66-23-7-5-21-60(66)62-34-28-52(42-68(62)73)50-30-36-71-64(40-50)65-41-51(53-29-35-63-61-22-6-8-24-67(61)74(69(63)43-53)46-57-18-3-4-19-58(57)47-74)31-37-72(65)76(71)59-32-26-48(27-33-59)13-11-14-49-15-12-20-54(39-49)70-25-9-10-38-75-70;/h1-10,12,15-19,21-43H,11,13-14,44-47H2;/q-1;. The predicted octanol–water partition coefficient (Wildman–Crippen LogP) is 17.3. The number of hydrogen-bond donors (Lipinski definition) is 0. The van der Waals surface area contributed by atoms with Crippen molar-refractivity contribution in [1.82, 2.24) is 9.55 Å². The fourth-order valence-electron chi connectivity index (χ4n) is 14.6. The van der Waals surface area contributed by atoms with Crippen LogP contribution < -0.4 is 0 Å². The van der Waals surface area contributed by atoms with Crippen LogP contribution in [0.1, 0.15) is 62.1 Å². The van der Waals surface area contributed by atoms with E-state index in [1.807, 2.05) is 24.4 Å². The van der Waals surface area contributed by atoms with Gasteiger partial charge in [0.05, 0.1) is 11.0 Å². The van der Waals surface area contributed by atoms with Gasteiger partial charge in [0.1, 0.15) is 0 Å². The van der Waals surface area contributed by atoms with Crippen molar-refractivity contribution in [3.05, 3.63) is 298 Å². The van der Waals surface area contributed by atoms with Gasteiger partial charge in [-0.1, -0.05) is 158 Å². The van der Waals surface area contributed by atoms with Gasteiger partial charge in [0.15, 0.2) is 0 Å². The van der Waals surface area contributed by atoms with E-state index in [1.165, 1.54) is 128 Å². The molecule has 1 radical (unpaired) electrons. The van der Waals surface area contributed by atoms with E-state index < -0.39 is 0 Å². The number of hydrogen-bond acceptors (Lipinski definition) is 1. The average Bonchev–Trinajstić information content (AvgIpc) is 4.48. The molecule has 369 valence electrons. The molecule has 0 amide bonds. The van der Waals surface area contributed by atoms with Gasteiger partial charge in [-0.25, -0.2) is 0 Å². The van der Waals surface area contributed by atoms with E-state index >= 15 is 0 Å². The molecule has 0 fully saturated rings. The van der Waals surface area contributed by atoms with E-state index in [0.717, 1.165) is 56.2 Å². The van der Waals surface area contributed by atoms with Crippen molar-refractivity contribution in [3.8, 4) is 61.5 Å². The SMILES string of the molecule is [Ir].[c-]1ccc(CCCc2ccc(-n3c4ccc(-c5ccc6c(c5)C5(Cc7ccccc7C5)c5ccccc5-6)cc4c4cc(-c5ccc6c(c5)C5(Cc7ccccc7C5)c5ccccc5-6)ccc43)cc2)cc1-c1ccccn1. The summed E-state index contributed by atoms with van der Waals surface area (Å²) in [7, 11) is 0. The molecule has 2 aromatic heterocycles. The Bertz CT molecular complexity index is 4070. The number of benzene rings is 10. The van der Waals surface area contributed by atoms with Crippen molar-refractivity contribution in [2.75, 3.05) is 0 Å². The largest absolute Gasteiger partial charge is 0.309 e. The van der Waals surface area contributed by atoms with E-state index in [1.54, 1.807) is 0 Å². The second-order valence-electron chi connectivity index (χ2n) is 22.2. The number of aryl methyl sites for hydroxylation is 2. The molecule has 0 saturated heterocycles. The van der Waals surface area contributed by atoms with Crippen LogP contribution in [0, 0.1) is 6.07 Å². The molecule has 2 heterocycles. The zero-order valence-electron chi connectivity index (χ0n) is 42.7. The van der Waals surface area contributed by atoms with Gasteiger partial charge >= 0.3 is 0 Å². The number of fused-ring (bicyclic) bond motifs is 15. The smallest absolute Gasteiger partial charge is 0.0541 e. The first kappa shape index (κ1) is 46.1. The Balaban J connectivity index is 0.00000518. The minimum Gasteiger partial charge on any atom is -0.309 e. The van der Waals surface area contributed by atoms with Gasteiger partial charge in [-0.05, 0) is 200 Å². The summed E-state index contributed by atoms with van der Waals surface area (Å²) in [6.45, 7) is 0. The van der Waals surface area contributed by atoms with E-state index in [-0.39, 0.29) is 30.9 Å². The van der Waals surface area contributed by atoms with Gasteiger partial charge in [-0.3, -0.25) is 0 Å². The van der Waals surface area contributed by atoms with Crippen molar-refractivity contribution >= 4 is 21.8 Å². The molecule has 2 nitrogen and oxygen atoms in total. The van der Waals surface area contributed by atoms with Crippen LogP contribution >= 0.6 is 0 Å². The van der Waals surface area contributed by atoms with Gasteiger partial charge in [0, 0.05) is 53.6 Å². The molecule has 4 aliphatic rings. The number of nitrogens with zero attached hydrogens (tertiary/aromatic N) is 2. The zero-order chi connectivity index (χ0) is 50.0. The third kappa shape index (κ3) is 7.21. The summed E-state index contributed by atoms with van der Waals surface area (Å²) in [5.74, 6) is 0. The van der Waals surface area contributed by atoms with E-state index in [9.17, 15) is 0 Å². The molecule has 0 atom stereocenters. The van der Waals surface area contributed by atoms with E-state index in [4.69, 9.17) is 0 Å². The summed E-state index contributed by atoms with van der Waals surface area (Å²) < 4.78 is 2.50. The quantitative estimate of drug-likeness (QED) is 0.139. The Morgan fingerprint density at radius 3 is 1.40 bits per heavy atom. The third-order valence-electron chi connectivity index (χ3n) is 18.1. The summed E-state index contributed by atoms with van der Waals surface area (Å²) in [6.07, 6.45) is 9.07. The molecule has 12 aromatic rings. The first-order chi connectivity index (χ1) is 37.6. The molecular weight excluding hydrogens is 1110 g/mol. The third-order valence-corrected chi connectivity index (χ3v) is 18.1. The summed E-state index contributed by atoms with van der Waals surface area (Å²) in [5.41, 5.74) is 30.5. The summed E-state index contributed by atoms with van der Waals surface area (Å²) in [4.78, 5) is 4.56. The first-order valence-corrected chi connectivity index (χ1v) is 27.3. The maximum Gasteiger partial charge on any atom is 0.0541 e.